The van der Waals surface area contributed by atoms with Crippen LogP contribution in [-0.4, -0.2) is 50.7 Å². The number of fused-ring (bicyclic) bond motifs is 1. The molecule has 1 aliphatic carbocycles. The van der Waals surface area contributed by atoms with E-state index in [1.807, 2.05) is 6.07 Å². The van der Waals surface area contributed by atoms with Crippen molar-refractivity contribution in [2.24, 2.45) is 0 Å². The lowest BCUT2D eigenvalue weighted by atomic mass is 9.87. The lowest BCUT2D eigenvalue weighted by Crippen LogP contribution is -2.56. The highest BCUT2D eigenvalue weighted by Crippen LogP contribution is 2.40. The zero-order valence-corrected chi connectivity index (χ0v) is 23.3. The van der Waals surface area contributed by atoms with Gasteiger partial charge in [0, 0.05) is 42.1 Å². The third-order valence-electron chi connectivity index (χ3n) is 7.69. The van der Waals surface area contributed by atoms with E-state index in [0.29, 0.717) is 11.0 Å². The second-order valence-electron chi connectivity index (χ2n) is 10.5. The molecule has 13 heteroatoms. The van der Waals surface area contributed by atoms with E-state index >= 15 is 0 Å². The largest absolute Gasteiger partial charge is 0.351 e. The lowest BCUT2D eigenvalue weighted by molar-refractivity contribution is -0.133. The van der Waals surface area contributed by atoms with Crippen LogP contribution in [0, 0.1) is 11.3 Å². The van der Waals surface area contributed by atoms with Gasteiger partial charge in [-0.15, -0.1) is 0 Å². The summed E-state index contributed by atoms with van der Waals surface area (Å²) in [5.41, 5.74) is 1.71. The van der Waals surface area contributed by atoms with Gasteiger partial charge in [-0.2, -0.15) is 5.26 Å². The average Bonchev–Trinajstić information content (AvgIpc) is 3.62. The summed E-state index contributed by atoms with van der Waals surface area (Å²) in [6, 6.07) is 13.1. The highest BCUT2D eigenvalue weighted by atomic mass is 35.5. The molecule has 2 fully saturated rings. The Balaban J connectivity index is 1.49. The van der Waals surface area contributed by atoms with Crippen LogP contribution < -0.4 is 15.1 Å². The molecule has 6 rings (SSSR count). The van der Waals surface area contributed by atoms with E-state index in [1.54, 1.807) is 42.5 Å². The maximum Gasteiger partial charge on any atom is 0.252 e. The Bertz CT molecular complexity index is 1780. The molecule has 1 saturated heterocycles. The number of carbonyl (C=O) groups is 3. The molecule has 0 radical (unpaired) electrons. The van der Waals surface area contributed by atoms with Gasteiger partial charge in [-0.25, -0.2) is 18.7 Å². The van der Waals surface area contributed by atoms with Crippen molar-refractivity contribution >= 4 is 51.9 Å². The average molecular weight is 604 g/mol. The van der Waals surface area contributed by atoms with Crippen LogP contribution in [0.2, 0.25) is 5.02 Å². The zero-order valence-electron chi connectivity index (χ0n) is 22.5. The Morgan fingerprint density at radius 1 is 1.16 bits per heavy atom. The van der Waals surface area contributed by atoms with Gasteiger partial charge >= 0.3 is 0 Å². The number of anilines is 2. The number of alkyl halides is 2. The number of nitriles is 1. The molecule has 10 nitrogen and oxygen atoms in total. The fourth-order valence-corrected chi connectivity index (χ4v) is 5.89. The van der Waals surface area contributed by atoms with Crippen molar-refractivity contribution in [3.8, 4) is 6.07 Å². The molecular formula is C30H24ClF2N7O3. The molecule has 2 aromatic heterocycles. The number of benzene rings is 2. The number of halogens is 3. The van der Waals surface area contributed by atoms with Gasteiger partial charge in [-0.05, 0) is 36.8 Å². The number of amides is 3. The van der Waals surface area contributed by atoms with Crippen LogP contribution in [0.1, 0.15) is 42.9 Å². The quantitative estimate of drug-likeness (QED) is 0.315. The molecule has 218 valence electrons. The van der Waals surface area contributed by atoms with Crippen molar-refractivity contribution in [1.82, 2.24) is 20.3 Å². The minimum Gasteiger partial charge on any atom is -0.351 e. The van der Waals surface area contributed by atoms with Crippen molar-refractivity contribution in [2.75, 3.05) is 9.80 Å². The molecule has 2 aliphatic rings. The third-order valence-corrected chi connectivity index (χ3v) is 8.03. The second-order valence-corrected chi connectivity index (χ2v) is 10.9. The topological polar surface area (TPSA) is 135 Å². The number of aromatic nitrogens is 3. The summed E-state index contributed by atoms with van der Waals surface area (Å²) in [6.07, 6.45) is 1.90. The second kappa shape index (κ2) is 11.1. The lowest BCUT2D eigenvalue weighted by Gasteiger charge is -2.39. The standard InChI is InChI=1S/C30H24ClF2N7O3/c31-20-5-2-1-4-19(20)27(28(42)38-18-13-30(32,33)14-18)40(22-7-3-6-21-26(22)37-16-36-21)29(43)23-8-9-25(41)39(23)24-12-17(15-34)10-11-35-24/h1-7,10-12,16,18,23,27H,8-9,13-14H2,(H,36,37)(H,38,42)/t23-,27?/m0/s1. The minimum absolute atomic E-state index is 0.0232. The van der Waals surface area contributed by atoms with Gasteiger partial charge in [0.1, 0.15) is 23.4 Å². The van der Waals surface area contributed by atoms with Crippen molar-refractivity contribution in [1.29, 1.82) is 5.26 Å². The molecule has 3 heterocycles. The number of imidazole rings is 1. The first-order chi connectivity index (χ1) is 20.7. The van der Waals surface area contributed by atoms with Crippen LogP contribution in [0.15, 0.2) is 67.1 Å². The fraction of sp³-hybridized carbons (Fsp3) is 0.267. The van der Waals surface area contributed by atoms with Crippen molar-refractivity contribution in [3.63, 3.8) is 0 Å². The van der Waals surface area contributed by atoms with Crippen molar-refractivity contribution < 1.29 is 23.2 Å². The third kappa shape index (κ3) is 5.28. The minimum atomic E-state index is -2.89. The number of para-hydroxylation sites is 1. The summed E-state index contributed by atoms with van der Waals surface area (Å²) in [5, 5.41) is 12.3. The summed E-state index contributed by atoms with van der Waals surface area (Å²) >= 11 is 6.60. The molecule has 4 aromatic rings. The van der Waals surface area contributed by atoms with Gasteiger partial charge in [-0.1, -0.05) is 35.9 Å². The Hall–Kier alpha value is -4.89. The van der Waals surface area contributed by atoms with E-state index in [0.717, 1.165) is 0 Å². The maximum absolute atomic E-state index is 14.8. The van der Waals surface area contributed by atoms with Crippen LogP contribution in [0.25, 0.3) is 11.0 Å². The first kappa shape index (κ1) is 28.2. The number of pyridine rings is 1. The molecule has 3 amide bonds. The van der Waals surface area contributed by atoms with Crippen LogP contribution in [0.4, 0.5) is 20.3 Å². The van der Waals surface area contributed by atoms with Crippen LogP contribution in [-0.2, 0) is 14.4 Å². The molecular weight excluding hydrogens is 580 g/mol. The smallest absolute Gasteiger partial charge is 0.252 e. The molecule has 0 spiro atoms. The molecule has 2 N–H and O–H groups in total. The maximum atomic E-state index is 14.8. The first-order valence-electron chi connectivity index (χ1n) is 13.5. The Labute approximate surface area is 249 Å². The number of nitrogens with zero attached hydrogens (tertiary/aromatic N) is 5. The van der Waals surface area contributed by atoms with Gasteiger partial charge < -0.3 is 10.3 Å². The number of H-pyrrole nitrogens is 1. The van der Waals surface area contributed by atoms with Crippen LogP contribution in [0.5, 0.6) is 0 Å². The summed E-state index contributed by atoms with van der Waals surface area (Å²) in [4.78, 5) is 56.0. The van der Waals surface area contributed by atoms with Crippen molar-refractivity contribution in [3.05, 3.63) is 83.3 Å². The van der Waals surface area contributed by atoms with Crippen LogP contribution in [0.3, 0.4) is 0 Å². The first-order valence-corrected chi connectivity index (χ1v) is 13.9. The van der Waals surface area contributed by atoms with E-state index in [-0.39, 0.29) is 46.4 Å². The highest BCUT2D eigenvalue weighted by Gasteiger charge is 2.49. The van der Waals surface area contributed by atoms with E-state index < -0.39 is 48.7 Å². The van der Waals surface area contributed by atoms with E-state index in [9.17, 15) is 28.4 Å². The van der Waals surface area contributed by atoms with Gasteiger partial charge in [0.25, 0.3) is 11.8 Å². The number of nitrogens with one attached hydrogen (secondary N) is 2. The predicted molar refractivity (Wildman–Crippen MR) is 153 cm³/mol. The molecule has 1 unspecified atom stereocenters. The number of carbonyl (C=O) groups excluding carboxylic acids is 3. The highest BCUT2D eigenvalue weighted by molar-refractivity contribution is 6.32. The molecule has 43 heavy (non-hydrogen) atoms. The van der Waals surface area contributed by atoms with Gasteiger partial charge in [-0.3, -0.25) is 24.2 Å². The zero-order chi connectivity index (χ0) is 30.3. The van der Waals surface area contributed by atoms with E-state index in [4.69, 9.17) is 11.6 Å². The number of aromatic amines is 1. The monoisotopic (exact) mass is 603 g/mol. The van der Waals surface area contributed by atoms with Gasteiger partial charge in [0.15, 0.2) is 0 Å². The van der Waals surface area contributed by atoms with Gasteiger partial charge in [0.05, 0.1) is 29.2 Å². The number of hydrogen-bond donors (Lipinski definition) is 2. The molecule has 2 aromatic carbocycles. The van der Waals surface area contributed by atoms with Gasteiger partial charge in [0.2, 0.25) is 11.8 Å². The van der Waals surface area contributed by atoms with Crippen molar-refractivity contribution in [2.45, 2.75) is 49.7 Å². The fourth-order valence-electron chi connectivity index (χ4n) is 5.65. The molecule has 0 bridgehead atoms. The summed E-state index contributed by atoms with van der Waals surface area (Å²) < 4.78 is 27.4. The summed E-state index contributed by atoms with van der Waals surface area (Å²) in [7, 11) is 0. The Morgan fingerprint density at radius 2 is 1.95 bits per heavy atom. The SMILES string of the molecule is N#Cc1ccnc(N2C(=O)CC[C@H]2C(=O)N(c2cccc3[nH]cnc23)C(C(=O)NC2CC(F)(F)C2)c2ccccc2Cl)c1. The van der Waals surface area contributed by atoms with E-state index in [1.165, 1.54) is 34.5 Å². The summed E-state index contributed by atoms with van der Waals surface area (Å²) in [6.45, 7) is 0. The molecule has 1 saturated carbocycles. The molecule has 2 atom stereocenters. The number of hydrogen-bond acceptors (Lipinski definition) is 6. The van der Waals surface area contributed by atoms with Crippen LogP contribution >= 0.6 is 11.6 Å². The summed E-state index contributed by atoms with van der Waals surface area (Å²) in [5.74, 6) is -4.49. The molecule has 1 aliphatic heterocycles. The Morgan fingerprint density at radius 3 is 2.70 bits per heavy atom. The predicted octanol–water partition coefficient (Wildman–Crippen LogP) is 4.67. The normalized spacial score (nSPS) is 18.6. The Kier molecular flexibility index (Phi) is 7.27. The van der Waals surface area contributed by atoms with E-state index in [2.05, 4.69) is 20.3 Å². The number of rotatable bonds is 7.